The van der Waals surface area contributed by atoms with Crippen molar-refractivity contribution in [2.45, 2.75) is 32.7 Å². The Morgan fingerprint density at radius 2 is 2.12 bits per heavy atom. The van der Waals surface area contributed by atoms with Gasteiger partial charge in [-0.1, -0.05) is 30.6 Å². The molecule has 8 heteroatoms. The molecule has 0 aliphatic carbocycles. The van der Waals surface area contributed by atoms with Gasteiger partial charge in [0.2, 0.25) is 5.95 Å². The van der Waals surface area contributed by atoms with Gasteiger partial charge in [-0.05, 0) is 41.5 Å². The molecule has 1 aromatic carbocycles. The first-order chi connectivity index (χ1) is 11.6. The number of carbonyl (C=O) groups is 1. The zero-order chi connectivity index (χ0) is 17.1. The second kappa shape index (κ2) is 6.77. The van der Waals surface area contributed by atoms with E-state index in [1.165, 1.54) is 16.8 Å². The van der Waals surface area contributed by atoms with Gasteiger partial charge in [0.05, 0.1) is 12.2 Å². The Morgan fingerprint density at radius 1 is 1.38 bits per heavy atom. The maximum absolute atomic E-state index is 13.3. The average Bonchev–Trinajstić information content (AvgIpc) is 3.02. The molecule has 7 nitrogen and oxygen atoms in total. The highest BCUT2D eigenvalue weighted by Crippen LogP contribution is 2.34. The van der Waals surface area contributed by atoms with Crippen molar-refractivity contribution in [2.75, 3.05) is 11.9 Å². The number of rotatable bonds is 5. The first-order valence-corrected chi connectivity index (χ1v) is 7.80. The summed E-state index contributed by atoms with van der Waals surface area (Å²) in [6, 6.07) is 5.35. The first kappa shape index (κ1) is 16.1. The number of allylic oxidation sites excluding steroid dienone is 1. The Morgan fingerprint density at radius 3 is 2.83 bits per heavy atom. The number of aromatic nitrogens is 4. The minimum absolute atomic E-state index is 0.350. The zero-order valence-corrected chi connectivity index (χ0v) is 13.5. The standard InChI is InChI=1S/C16H18FN5O2/c1-3-4-9-24-15(23)13-10(2)18-16-19-20-21-22(16)14(13)11-5-7-12(17)8-6-11/h5-8,14H,3-4,9H2,1-2H3,(H,18,19,21). The summed E-state index contributed by atoms with van der Waals surface area (Å²) in [6.07, 6.45) is 1.73. The maximum atomic E-state index is 13.3. The molecule has 0 spiro atoms. The van der Waals surface area contributed by atoms with E-state index in [2.05, 4.69) is 20.8 Å². The highest BCUT2D eigenvalue weighted by Gasteiger charge is 2.34. The summed E-state index contributed by atoms with van der Waals surface area (Å²) in [5.74, 6) is -0.353. The molecule has 1 atom stereocenters. The molecule has 1 aliphatic heterocycles. The average molecular weight is 331 g/mol. The monoisotopic (exact) mass is 331 g/mol. The van der Waals surface area contributed by atoms with Crippen LogP contribution in [-0.2, 0) is 9.53 Å². The zero-order valence-electron chi connectivity index (χ0n) is 13.5. The molecule has 0 saturated heterocycles. The third-order valence-electron chi connectivity index (χ3n) is 3.85. The number of anilines is 1. The van der Waals surface area contributed by atoms with Crippen LogP contribution in [0.2, 0.25) is 0 Å². The fourth-order valence-electron chi connectivity index (χ4n) is 2.62. The Hall–Kier alpha value is -2.77. The smallest absolute Gasteiger partial charge is 0.338 e. The number of unbranched alkanes of at least 4 members (excludes halogenated alkanes) is 1. The van der Waals surface area contributed by atoms with Crippen LogP contribution in [0.4, 0.5) is 10.3 Å². The number of fused-ring (bicyclic) bond motifs is 1. The van der Waals surface area contributed by atoms with Crippen molar-refractivity contribution in [2.24, 2.45) is 0 Å². The van der Waals surface area contributed by atoms with Gasteiger partial charge >= 0.3 is 5.97 Å². The van der Waals surface area contributed by atoms with Crippen LogP contribution in [0.1, 0.15) is 38.3 Å². The number of ether oxygens (including phenoxy) is 1. The van der Waals surface area contributed by atoms with E-state index >= 15 is 0 Å². The van der Waals surface area contributed by atoms with Gasteiger partial charge in [0, 0.05) is 5.70 Å². The van der Waals surface area contributed by atoms with Crippen molar-refractivity contribution in [3.8, 4) is 0 Å². The Labute approximate surface area is 138 Å². The summed E-state index contributed by atoms with van der Waals surface area (Å²) >= 11 is 0. The van der Waals surface area contributed by atoms with Crippen LogP contribution in [0, 0.1) is 5.82 Å². The number of carbonyl (C=O) groups excluding carboxylic acids is 1. The van der Waals surface area contributed by atoms with E-state index in [1.807, 2.05) is 6.92 Å². The van der Waals surface area contributed by atoms with E-state index in [9.17, 15) is 9.18 Å². The lowest BCUT2D eigenvalue weighted by Gasteiger charge is -2.27. The highest BCUT2D eigenvalue weighted by atomic mass is 19.1. The molecule has 126 valence electrons. The molecule has 1 aliphatic rings. The number of nitrogens with zero attached hydrogens (tertiary/aromatic N) is 4. The number of nitrogens with one attached hydrogen (secondary N) is 1. The van der Waals surface area contributed by atoms with E-state index in [-0.39, 0.29) is 5.82 Å². The molecule has 0 saturated carbocycles. The Kier molecular flexibility index (Phi) is 4.54. The van der Waals surface area contributed by atoms with Crippen LogP contribution in [0.15, 0.2) is 35.5 Å². The van der Waals surface area contributed by atoms with Gasteiger partial charge in [0.15, 0.2) is 0 Å². The SMILES string of the molecule is CCCCOC(=O)C1=C(C)Nc2nnnn2C1c1ccc(F)cc1. The highest BCUT2D eigenvalue weighted by molar-refractivity contribution is 5.92. The number of tetrazole rings is 1. The third-order valence-corrected chi connectivity index (χ3v) is 3.85. The lowest BCUT2D eigenvalue weighted by molar-refractivity contribution is -0.139. The summed E-state index contributed by atoms with van der Waals surface area (Å²) in [7, 11) is 0. The lowest BCUT2D eigenvalue weighted by Crippen LogP contribution is -2.29. The second-order valence-electron chi connectivity index (χ2n) is 5.55. The van der Waals surface area contributed by atoms with Gasteiger partial charge in [-0.25, -0.2) is 9.18 Å². The van der Waals surface area contributed by atoms with Gasteiger partial charge in [-0.15, -0.1) is 0 Å². The van der Waals surface area contributed by atoms with Crippen molar-refractivity contribution in [3.63, 3.8) is 0 Å². The summed E-state index contributed by atoms with van der Waals surface area (Å²) in [5, 5.41) is 14.5. The van der Waals surface area contributed by atoms with Crippen LogP contribution in [0.25, 0.3) is 0 Å². The molecule has 1 N–H and O–H groups in total. The van der Waals surface area contributed by atoms with Gasteiger partial charge in [-0.3, -0.25) is 0 Å². The van der Waals surface area contributed by atoms with Crippen LogP contribution >= 0.6 is 0 Å². The maximum Gasteiger partial charge on any atom is 0.338 e. The van der Waals surface area contributed by atoms with Gasteiger partial charge in [0.25, 0.3) is 0 Å². The molecule has 0 amide bonds. The number of esters is 1. The third kappa shape index (κ3) is 2.99. The molecular formula is C16H18FN5O2. The second-order valence-corrected chi connectivity index (χ2v) is 5.55. The van der Waals surface area contributed by atoms with E-state index < -0.39 is 12.0 Å². The van der Waals surface area contributed by atoms with Gasteiger partial charge in [0.1, 0.15) is 11.9 Å². The molecule has 1 unspecified atom stereocenters. The number of hydrogen-bond acceptors (Lipinski definition) is 6. The predicted molar refractivity (Wildman–Crippen MR) is 84.5 cm³/mol. The molecule has 1 aromatic heterocycles. The first-order valence-electron chi connectivity index (χ1n) is 7.80. The molecule has 0 bridgehead atoms. The fraction of sp³-hybridized carbons (Fsp3) is 0.375. The number of halogens is 1. The summed E-state index contributed by atoms with van der Waals surface area (Å²) < 4.78 is 20.1. The minimum atomic E-state index is -0.564. The van der Waals surface area contributed by atoms with Crippen molar-refractivity contribution in [1.29, 1.82) is 0 Å². The van der Waals surface area contributed by atoms with Crippen molar-refractivity contribution >= 4 is 11.9 Å². The lowest BCUT2D eigenvalue weighted by atomic mass is 9.96. The van der Waals surface area contributed by atoms with Gasteiger partial charge < -0.3 is 10.1 Å². The van der Waals surface area contributed by atoms with E-state index in [1.54, 1.807) is 19.1 Å². The van der Waals surface area contributed by atoms with Crippen molar-refractivity contribution in [3.05, 3.63) is 46.9 Å². The van der Waals surface area contributed by atoms with E-state index in [4.69, 9.17) is 4.74 Å². The summed E-state index contributed by atoms with van der Waals surface area (Å²) in [6.45, 7) is 4.14. The molecule has 0 radical (unpaired) electrons. The van der Waals surface area contributed by atoms with E-state index in [0.717, 1.165) is 12.8 Å². The topological polar surface area (TPSA) is 81.9 Å². The fourth-order valence-corrected chi connectivity index (χ4v) is 2.62. The number of benzene rings is 1. The Bertz CT molecular complexity index is 769. The van der Waals surface area contributed by atoms with Crippen LogP contribution in [0.5, 0.6) is 0 Å². The molecule has 0 fully saturated rings. The molecule has 24 heavy (non-hydrogen) atoms. The summed E-state index contributed by atoms with van der Waals surface area (Å²) in [4.78, 5) is 12.6. The van der Waals surface area contributed by atoms with Crippen LogP contribution < -0.4 is 5.32 Å². The van der Waals surface area contributed by atoms with E-state index in [0.29, 0.717) is 29.4 Å². The number of hydrogen-bond donors (Lipinski definition) is 1. The predicted octanol–water partition coefficient (Wildman–Crippen LogP) is 2.44. The van der Waals surface area contributed by atoms with Crippen molar-refractivity contribution < 1.29 is 13.9 Å². The summed E-state index contributed by atoms with van der Waals surface area (Å²) in [5.41, 5.74) is 1.74. The Balaban J connectivity index is 2.00. The normalized spacial score (nSPS) is 16.5. The quantitative estimate of drug-likeness (QED) is 0.669. The minimum Gasteiger partial charge on any atom is -0.462 e. The molecular weight excluding hydrogens is 313 g/mol. The van der Waals surface area contributed by atoms with Crippen LogP contribution in [-0.4, -0.2) is 32.8 Å². The largest absolute Gasteiger partial charge is 0.462 e. The molecule has 2 aromatic rings. The molecule has 2 heterocycles. The molecule has 3 rings (SSSR count). The van der Waals surface area contributed by atoms with Crippen molar-refractivity contribution in [1.82, 2.24) is 20.2 Å². The van der Waals surface area contributed by atoms with Gasteiger partial charge in [-0.2, -0.15) is 4.68 Å². The van der Waals surface area contributed by atoms with Crippen LogP contribution in [0.3, 0.4) is 0 Å².